The van der Waals surface area contributed by atoms with E-state index in [0.717, 1.165) is 11.1 Å². The number of rotatable bonds is 5. The standard InChI is InChI=1S/C15H13BrClFO2/c1-19-14-4-2-3-10(8-16)15(14)20-9-11-5-6-12(18)7-13(11)17/h2-7H,8-9H2,1H3. The molecule has 2 rings (SSSR count). The van der Waals surface area contributed by atoms with Gasteiger partial charge in [-0.3, -0.25) is 0 Å². The third-order valence-corrected chi connectivity index (χ3v) is 3.77. The van der Waals surface area contributed by atoms with Crippen molar-refractivity contribution in [2.45, 2.75) is 11.9 Å². The largest absolute Gasteiger partial charge is 0.493 e. The molecule has 0 heterocycles. The van der Waals surface area contributed by atoms with E-state index in [1.807, 2.05) is 18.2 Å². The smallest absolute Gasteiger partial charge is 0.165 e. The second kappa shape index (κ2) is 6.95. The minimum atomic E-state index is -0.364. The van der Waals surface area contributed by atoms with Crippen LogP contribution in [0.25, 0.3) is 0 Å². The molecule has 0 bridgehead atoms. The van der Waals surface area contributed by atoms with E-state index in [4.69, 9.17) is 21.1 Å². The van der Waals surface area contributed by atoms with E-state index in [1.165, 1.54) is 12.1 Å². The zero-order valence-corrected chi connectivity index (χ0v) is 13.2. The molecule has 0 saturated heterocycles. The quantitative estimate of drug-likeness (QED) is 0.702. The van der Waals surface area contributed by atoms with E-state index in [9.17, 15) is 4.39 Å². The van der Waals surface area contributed by atoms with Crippen LogP contribution in [0.2, 0.25) is 5.02 Å². The first-order valence-electron chi connectivity index (χ1n) is 5.94. The van der Waals surface area contributed by atoms with Crippen LogP contribution in [-0.4, -0.2) is 7.11 Å². The Labute approximate surface area is 130 Å². The highest BCUT2D eigenvalue weighted by molar-refractivity contribution is 9.08. The SMILES string of the molecule is COc1cccc(CBr)c1OCc1ccc(F)cc1Cl. The van der Waals surface area contributed by atoms with E-state index >= 15 is 0 Å². The number of hydrogen-bond acceptors (Lipinski definition) is 2. The summed E-state index contributed by atoms with van der Waals surface area (Å²) in [5.74, 6) is 0.949. The van der Waals surface area contributed by atoms with Crippen LogP contribution >= 0.6 is 27.5 Å². The third kappa shape index (κ3) is 3.44. The normalized spacial score (nSPS) is 10.4. The number of ether oxygens (including phenoxy) is 2. The Bertz CT molecular complexity index is 582. The van der Waals surface area contributed by atoms with Crippen molar-refractivity contribution < 1.29 is 13.9 Å². The molecular weight excluding hydrogens is 347 g/mol. The Balaban J connectivity index is 2.22. The second-order valence-electron chi connectivity index (χ2n) is 4.11. The first-order chi connectivity index (χ1) is 9.65. The lowest BCUT2D eigenvalue weighted by Crippen LogP contribution is -2.01. The molecule has 0 aromatic heterocycles. The number of para-hydroxylation sites is 1. The second-order valence-corrected chi connectivity index (χ2v) is 5.07. The molecule has 0 spiro atoms. The van der Waals surface area contributed by atoms with Crippen LogP contribution < -0.4 is 9.47 Å². The van der Waals surface area contributed by atoms with E-state index in [0.29, 0.717) is 21.9 Å². The van der Waals surface area contributed by atoms with Crippen molar-refractivity contribution in [3.63, 3.8) is 0 Å². The van der Waals surface area contributed by atoms with Crippen molar-refractivity contribution in [2.24, 2.45) is 0 Å². The first kappa shape index (κ1) is 15.1. The maximum Gasteiger partial charge on any atom is 0.165 e. The molecule has 0 aliphatic rings. The van der Waals surface area contributed by atoms with Gasteiger partial charge in [0.25, 0.3) is 0 Å². The summed E-state index contributed by atoms with van der Waals surface area (Å²) in [4.78, 5) is 0. The molecule has 0 fully saturated rings. The topological polar surface area (TPSA) is 18.5 Å². The van der Waals surface area contributed by atoms with Crippen LogP contribution in [0.1, 0.15) is 11.1 Å². The molecule has 2 nitrogen and oxygen atoms in total. The molecule has 0 unspecified atom stereocenters. The van der Waals surface area contributed by atoms with Gasteiger partial charge in [0.05, 0.1) is 12.1 Å². The Morgan fingerprint density at radius 1 is 1.20 bits per heavy atom. The van der Waals surface area contributed by atoms with Crippen molar-refractivity contribution in [3.8, 4) is 11.5 Å². The molecule has 2 aromatic rings. The Hall–Kier alpha value is -1.26. The average Bonchev–Trinajstić information content (AvgIpc) is 2.46. The van der Waals surface area contributed by atoms with Gasteiger partial charge in [-0.15, -0.1) is 0 Å². The molecule has 0 atom stereocenters. The summed E-state index contributed by atoms with van der Waals surface area (Å²) in [7, 11) is 1.59. The summed E-state index contributed by atoms with van der Waals surface area (Å²) in [6.07, 6.45) is 0. The number of benzene rings is 2. The van der Waals surface area contributed by atoms with Crippen LogP contribution in [0.3, 0.4) is 0 Å². The van der Waals surface area contributed by atoms with Gasteiger partial charge in [-0.1, -0.05) is 45.7 Å². The first-order valence-corrected chi connectivity index (χ1v) is 7.44. The molecule has 0 N–H and O–H groups in total. The van der Waals surface area contributed by atoms with E-state index in [1.54, 1.807) is 13.2 Å². The Morgan fingerprint density at radius 3 is 2.65 bits per heavy atom. The summed E-state index contributed by atoms with van der Waals surface area (Å²) in [5.41, 5.74) is 1.70. The molecule has 2 aromatic carbocycles. The summed E-state index contributed by atoms with van der Waals surface area (Å²) in [5, 5.41) is 0.997. The lowest BCUT2D eigenvalue weighted by molar-refractivity contribution is 0.282. The Kier molecular flexibility index (Phi) is 5.26. The summed E-state index contributed by atoms with van der Waals surface area (Å²) in [6.45, 7) is 0.249. The molecule has 20 heavy (non-hydrogen) atoms. The molecule has 0 aliphatic carbocycles. The van der Waals surface area contributed by atoms with Gasteiger partial charge in [0.1, 0.15) is 12.4 Å². The van der Waals surface area contributed by atoms with Gasteiger partial charge in [0.2, 0.25) is 0 Å². The van der Waals surface area contributed by atoms with E-state index in [-0.39, 0.29) is 12.4 Å². The number of hydrogen-bond donors (Lipinski definition) is 0. The highest BCUT2D eigenvalue weighted by Gasteiger charge is 2.11. The van der Waals surface area contributed by atoms with E-state index < -0.39 is 0 Å². The van der Waals surface area contributed by atoms with Crippen LogP contribution in [0, 0.1) is 5.82 Å². The van der Waals surface area contributed by atoms with Crippen molar-refractivity contribution in [1.29, 1.82) is 0 Å². The zero-order chi connectivity index (χ0) is 14.5. The lowest BCUT2D eigenvalue weighted by atomic mass is 10.2. The maximum atomic E-state index is 13.0. The molecular formula is C15H13BrClFO2. The third-order valence-electron chi connectivity index (χ3n) is 2.81. The molecule has 0 saturated carbocycles. The predicted octanol–water partition coefficient (Wildman–Crippen LogP) is 4.96. The lowest BCUT2D eigenvalue weighted by Gasteiger charge is -2.14. The van der Waals surface area contributed by atoms with Crippen LogP contribution in [0.5, 0.6) is 11.5 Å². The van der Waals surface area contributed by atoms with Crippen LogP contribution in [0.4, 0.5) is 4.39 Å². The number of alkyl halides is 1. The maximum absolute atomic E-state index is 13.0. The zero-order valence-electron chi connectivity index (χ0n) is 10.8. The van der Waals surface area contributed by atoms with Gasteiger partial charge >= 0.3 is 0 Å². The fraction of sp³-hybridized carbons (Fsp3) is 0.200. The fourth-order valence-corrected chi connectivity index (χ4v) is 2.44. The fourth-order valence-electron chi connectivity index (χ4n) is 1.78. The monoisotopic (exact) mass is 358 g/mol. The molecule has 0 radical (unpaired) electrons. The highest BCUT2D eigenvalue weighted by Crippen LogP contribution is 2.33. The number of halogens is 3. The van der Waals surface area contributed by atoms with Gasteiger partial charge in [-0.2, -0.15) is 0 Å². The van der Waals surface area contributed by atoms with Crippen LogP contribution in [-0.2, 0) is 11.9 Å². The molecule has 0 aliphatic heterocycles. The van der Waals surface area contributed by atoms with Gasteiger partial charge in [-0.05, 0) is 18.2 Å². The number of methoxy groups -OCH3 is 1. The average molecular weight is 360 g/mol. The predicted molar refractivity (Wildman–Crippen MR) is 81.4 cm³/mol. The molecule has 106 valence electrons. The van der Waals surface area contributed by atoms with Gasteiger partial charge in [0.15, 0.2) is 11.5 Å². The van der Waals surface area contributed by atoms with Gasteiger partial charge in [0, 0.05) is 16.5 Å². The van der Waals surface area contributed by atoms with Crippen molar-refractivity contribution >= 4 is 27.5 Å². The minimum absolute atomic E-state index is 0.249. The van der Waals surface area contributed by atoms with Crippen molar-refractivity contribution in [3.05, 3.63) is 58.4 Å². The van der Waals surface area contributed by atoms with E-state index in [2.05, 4.69) is 15.9 Å². The van der Waals surface area contributed by atoms with Gasteiger partial charge in [-0.25, -0.2) is 4.39 Å². The van der Waals surface area contributed by atoms with Crippen LogP contribution in [0.15, 0.2) is 36.4 Å². The summed E-state index contributed by atoms with van der Waals surface area (Å²) in [6, 6.07) is 9.91. The molecule has 5 heteroatoms. The minimum Gasteiger partial charge on any atom is -0.493 e. The van der Waals surface area contributed by atoms with Crippen molar-refractivity contribution in [2.75, 3.05) is 7.11 Å². The van der Waals surface area contributed by atoms with Crippen molar-refractivity contribution in [1.82, 2.24) is 0 Å². The Morgan fingerprint density at radius 2 is 2.00 bits per heavy atom. The summed E-state index contributed by atoms with van der Waals surface area (Å²) >= 11 is 9.39. The highest BCUT2D eigenvalue weighted by atomic mass is 79.9. The summed E-state index contributed by atoms with van der Waals surface area (Å²) < 4.78 is 24.1. The van der Waals surface area contributed by atoms with Gasteiger partial charge < -0.3 is 9.47 Å². The molecule has 0 amide bonds.